The zero-order valence-corrected chi connectivity index (χ0v) is 17.5. The van der Waals surface area contributed by atoms with Crippen LogP contribution in [0.2, 0.25) is 0 Å². The van der Waals surface area contributed by atoms with E-state index >= 15 is 0 Å². The van der Waals surface area contributed by atoms with Gasteiger partial charge in [0.15, 0.2) is 0 Å². The van der Waals surface area contributed by atoms with Gasteiger partial charge in [-0.25, -0.2) is 32.6 Å². The maximum atomic E-state index is 13.0. The number of allylic oxidation sites excluding steroid dienone is 4. The summed E-state index contributed by atoms with van der Waals surface area (Å²) in [6.45, 7) is 4.07. The van der Waals surface area contributed by atoms with Crippen LogP contribution in [0.3, 0.4) is 0 Å². The van der Waals surface area contributed by atoms with Crippen molar-refractivity contribution in [3.8, 4) is 0 Å². The molecule has 10 nitrogen and oxygen atoms in total. The van der Waals surface area contributed by atoms with Crippen LogP contribution in [0.5, 0.6) is 0 Å². The molecule has 3 fully saturated rings. The summed E-state index contributed by atoms with van der Waals surface area (Å²) in [4.78, 5) is 38.7. The van der Waals surface area contributed by atoms with Gasteiger partial charge in [0, 0.05) is 6.54 Å². The second-order valence-corrected chi connectivity index (χ2v) is 8.85. The number of hydrogen-bond acceptors (Lipinski definition) is 7. The highest BCUT2D eigenvalue weighted by atomic mass is 31.2. The minimum absolute atomic E-state index is 0.0424. The summed E-state index contributed by atoms with van der Waals surface area (Å²) in [6, 6.07) is 0. The highest BCUT2D eigenvalue weighted by Gasteiger charge is 2.51. The Balaban J connectivity index is 2.05. The Morgan fingerprint density at radius 1 is 0.793 bits per heavy atom. The number of aromatic nitrogens is 3. The lowest BCUT2D eigenvalue weighted by Crippen LogP contribution is -2.58. The first-order valence-corrected chi connectivity index (χ1v) is 11.1. The maximum Gasteiger partial charge on any atom is 0.474 e. The Hall–Kier alpha value is -2.00. The zero-order chi connectivity index (χ0) is 21.1. The van der Waals surface area contributed by atoms with Crippen molar-refractivity contribution in [2.24, 2.45) is 5.41 Å². The third-order valence-corrected chi connectivity index (χ3v) is 6.18. The lowest BCUT2D eigenvalue weighted by molar-refractivity contribution is -0.102. The molecular formula is C18H26N3O7P. The van der Waals surface area contributed by atoms with Crippen LogP contribution in [-0.2, 0) is 37.8 Å². The van der Waals surface area contributed by atoms with Gasteiger partial charge in [0.05, 0.1) is 38.3 Å². The van der Waals surface area contributed by atoms with E-state index in [-0.39, 0.29) is 39.5 Å². The van der Waals surface area contributed by atoms with Crippen LogP contribution < -0.4 is 17.1 Å². The van der Waals surface area contributed by atoms with Gasteiger partial charge in [-0.1, -0.05) is 38.2 Å². The van der Waals surface area contributed by atoms with Crippen molar-refractivity contribution in [3.63, 3.8) is 0 Å². The summed E-state index contributed by atoms with van der Waals surface area (Å²) in [6.07, 6.45) is 8.64. The van der Waals surface area contributed by atoms with Crippen LogP contribution in [0.4, 0.5) is 0 Å². The zero-order valence-electron chi connectivity index (χ0n) is 16.6. The van der Waals surface area contributed by atoms with E-state index in [1.807, 2.05) is 26.0 Å². The summed E-state index contributed by atoms with van der Waals surface area (Å²) < 4.78 is 30.5. The largest absolute Gasteiger partial charge is 0.474 e. The molecule has 0 unspecified atom stereocenters. The smallest absolute Gasteiger partial charge is 0.286 e. The molecule has 2 bridgehead atoms. The first-order valence-electron chi connectivity index (χ1n) is 9.63. The van der Waals surface area contributed by atoms with Crippen molar-refractivity contribution < 1.29 is 18.1 Å². The summed E-state index contributed by atoms with van der Waals surface area (Å²) >= 11 is 0. The maximum absolute atomic E-state index is 13.0. The van der Waals surface area contributed by atoms with Crippen molar-refractivity contribution in [1.29, 1.82) is 0 Å². The van der Waals surface area contributed by atoms with Gasteiger partial charge in [0.2, 0.25) is 0 Å². The summed E-state index contributed by atoms with van der Waals surface area (Å²) in [5.41, 5.74) is -2.89. The molecule has 4 heterocycles. The van der Waals surface area contributed by atoms with E-state index in [1.54, 1.807) is 12.2 Å². The Morgan fingerprint density at radius 2 is 1.21 bits per heavy atom. The molecule has 11 heteroatoms. The fourth-order valence-corrected chi connectivity index (χ4v) is 4.70. The Morgan fingerprint density at radius 3 is 1.62 bits per heavy atom. The van der Waals surface area contributed by atoms with Crippen molar-refractivity contribution in [2.75, 3.05) is 19.8 Å². The van der Waals surface area contributed by atoms with E-state index < -0.39 is 30.3 Å². The molecule has 29 heavy (non-hydrogen) atoms. The van der Waals surface area contributed by atoms with Gasteiger partial charge in [-0.05, 0) is 12.8 Å². The monoisotopic (exact) mass is 427 g/mol. The summed E-state index contributed by atoms with van der Waals surface area (Å²) in [7, 11) is -3.51. The van der Waals surface area contributed by atoms with Crippen LogP contribution in [0.1, 0.15) is 26.7 Å². The van der Waals surface area contributed by atoms with Gasteiger partial charge < -0.3 is 0 Å². The molecule has 0 radical (unpaired) electrons. The molecule has 3 aliphatic heterocycles. The van der Waals surface area contributed by atoms with E-state index in [1.165, 1.54) is 0 Å². The molecule has 3 aliphatic rings. The quantitative estimate of drug-likeness (QED) is 0.454. The molecule has 0 atom stereocenters. The van der Waals surface area contributed by atoms with E-state index in [9.17, 15) is 18.9 Å². The normalized spacial score (nSPS) is 26.7. The molecule has 0 aromatic carbocycles. The fourth-order valence-electron chi connectivity index (χ4n) is 3.18. The van der Waals surface area contributed by atoms with Gasteiger partial charge in [0.1, 0.15) is 0 Å². The molecule has 0 spiro atoms. The van der Waals surface area contributed by atoms with Crippen LogP contribution in [0, 0.1) is 5.41 Å². The number of hydrogen-bond donors (Lipinski definition) is 0. The molecule has 0 saturated carbocycles. The van der Waals surface area contributed by atoms with Crippen LogP contribution >= 0.6 is 7.82 Å². The molecule has 0 amide bonds. The van der Waals surface area contributed by atoms with Gasteiger partial charge in [-0.15, -0.1) is 0 Å². The van der Waals surface area contributed by atoms with Gasteiger partial charge in [-0.2, -0.15) is 0 Å². The molecule has 0 aliphatic carbocycles. The number of phosphoric ester groups is 1. The van der Waals surface area contributed by atoms with E-state index in [4.69, 9.17) is 13.6 Å². The van der Waals surface area contributed by atoms with Crippen molar-refractivity contribution in [3.05, 3.63) is 55.8 Å². The average Bonchev–Trinajstić information content (AvgIpc) is 2.72. The Bertz CT molecular complexity index is 948. The third kappa shape index (κ3) is 4.45. The lowest BCUT2D eigenvalue weighted by atomic mass is 9.91. The predicted octanol–water partition coefficient (Wildman–Crippen LogP) is 1.28. The molecular weight excluding hydrogens is 401 g/mol. The SMILES string of the molecule is CCC=CCn1c(=O)n(CC=CCC)c(=O)n(CC23COP(=O)(OC2)OC3)c1=O. The molecule has 3 saturated heterocycles. The molecule has 160 valence electrons. The van der Waals surface area contributed by atoms with E-state index in [0.717, 1.165) is 26.5 Å². The second kappa shape index (κ2) is 8.79. The number of nitrogens with zero attached hydrogens (tertiary/aromatic N) is 3. The van der Waals surface area contributed by atoms with Gasteiger partial charge in [-0.3, -0.25) is 13.6 Å². The number of phosphoric acid groups is 1. The fraction of sp³-hybridized carbons (Fsp3) is 0.611. The average molecular weight is 427 g/mol. The van der Waals surface area contributed by atoms with Gasteiger partial charge in [0.25, 0.3) is 0 Å². The summed E-state index contributed by atoms with van der Waals surface area (Å²) in [5, 5.41) is 0. The molecule has 0 N–H and O–H groups in total. The van der Waals surface area contributed by atoms with Crippen LogP contribution in [0.25, 0.3) is 0 Å². The first-order chi connectivity index (χ1) is 13.8. The van der Waals surface area contributed by atoms with Crippen molar-refractivity contribution >= 4 is 7.82 Å². The Kier molecular flexibility index (Phi) is 6.58. The Labute approximate surface area is 167 Å². The highest BCUT2D eigenvalue weighted by Crippen LogP contribution is 2.60. The van der Waals surface area contributed by atoms with Crippen LogP contribution in [-0.4, -0.2) is 33.5 Å². The minimum Gasteiger partial charge on any atom is -0.286 e. The third-order valence-electron chi connectivity index (χ3n) is 4.85. The van der Waals surface area contributed by atoms with E-state index in [2.05, 4.69) is 0 Å². The molecule has 4 rings (SSSR count). The van der Waals surface area contributed by atoms with Crippen LogP contribution in [0.15, 0.2) is 38.7 Å². The predicted molar refractivity (Wildman–Crippen MR) is 106 cm³/mol. The topological polar surface area (TPSA) is 111 Å². The minimum atomic E-state index is -3.51. The molecule has 1 aromatic rings. The number of fused-ring (bicyclic) bond motifs is 3. The first kappa shape index (κ1) is 21.7. The standard InChI is InChI=1S/C18H26N3O7P/c1-3-5-7-9-19-15(22)20(10-8-6-4-2)17(24)21(16(19)23)11-18-12-26-29(25,27-13-18)28-14-18/h5-8H,3-4,9-14H2,1-2H3. The van der Waals surface area contributed by atoms with E-state index in [0.29, 0.717) is 0 Å². The number of rotatable bonds is 8. The summed E-state index contributed by atoms with van der Waals surface area (Å²) in [5.74, 6) is 0. The highest BCUT2D eigenvalue weighted by molar-refractivity contribution is 7.48. The van der Waals surface area contributed by atoms with Crippen molar-refractivity contribution in [1.82, 2.24) is 13.7 Å². The van der Waals surface area contributed by atoms with Gasteiger partial charge >= 0.3 is 24.9 Å². The second-order valence-electron chi connectivity index (χ2n) is 7.18. The van der Waals surface area contributed by atoms with Crippen molar-refractivity contribution in [2.45, 2.75) is 46.3 Å². The molecule has 1 aromatic heterocycles. The lowest BCUT2D eigenvalue weighted by Gasteiger charge is -2.44.